The standard InChI is InChI=1S/C19H14N2O4S2/c22-16(20-14-8-6-13(7-9-14)18(24)25)11-21-17(23)15(27-19(21)26)10-12-4-2-1-3-5-12/h1-10H,11H2,(H,20,22)(H,24,25)/p-1/b15-10-. The number of hydrogen-bond donors (Lipinski definition) is 1. The van der Waals surface area contributed by atoms with Gasteiger partial charge in [0, 0.05) is 5.69 Å². The lowest BCUT2D eigenvalue weighted by atomic mass is 10.2. The highest BCUT2D eigenvalue weighted by Gasteiger charge is 2.33. The molecule has 0 aromatic heterocycles. The van der Waals surface area contributed by atoms with E-state index in [2.05, 4.69) is 5.32 Å². The van der Waals surface area contributed by atoms with E-state index in [1.807, 2.05) is 30.3 Å². The molecular weight excluding hydrogens is 384 g/mol. The van der Waals surface area contributed by atoms with Crippen LogP contribution in [0.3, 0.4) is 0 Å². The summed E-state index contributed by atoms with van der Waals surface area (Å²) in [6, 6.07) is 14.9. The van der Waals surface area contributed by atoms with Crippen molar-refractivity contribution < 1.29 is 19.5 Å². The number of thioether (sulfide) groups is 1. The van der Waals surface area contributed by atoms with Gasteiger partial charge in [0.15, 0.2) is 0 Å². The Morgan fingerprint density at radius 2 is 1.78 bits per heavy atom. The molecule has 136 valence electrons. The fourth-order valence-electron chi connectivity index (χ4n) is 2.37. The molecule has 1 aliphatic heterocycles. The van der Waals surface area contributed by atoms with Crippen LogP contribution in [-0.2, 0) is 9.59 Å². The number of carbonyl (C=O) groups excluding carboxylic acids is 3. The minimum absolute atomic E-state index is 0.0102. The van der Waals surface area contributed by atoms with Crippen LogP contribution in [0.2, 0.25) is 0 Å². The van der Waals surface area contributed by atoms with Crippen molar-refractivity contribution in [2.24, 2.45) is 0 Å². The van der Waals surface area contributed by atoms with Crippen LogP contribution >= 0.6 is 24.0 Å². The molecule has 1 aliphatic rings. The lowest BCUT2D eigenvalue weighted by Gasteiger charge is -2.14. The first-order valence-corrected chi connectivity index (χ1v) is 9.08. The zero-order chi connectivity index (χ0) is 19.4. The molecular formula is C19H13N2O4S2-. The Bertz CT molecular complexity index is 940. The highest BCUT2D eigenvalue weighted by atomic mass is 32.2. The summed E-state index contributed by atoms with van der Waals surface area (Å²) in [6.07, 6.45) is 1.73. The normalized spacial score (nSPS) is 15.3. The Balaban J connectivity index is 1.65. The number of carbonyl (C=O) groups is 3. The number of nitrogens with zero attached hydrogens (tertiary/aromatic N) is 1. The molecule has 2 aromatic carbocycles. The second-order valence-electron chi connectivity index (χ2n) is 5.59. The first-order valence-electron chi connectivity index (χ1n) is 7.86. The second-order valence-corrected chi connectivity index (χ2v) is 7.27. The highest BCUT2D eigenvalue weighted by molar-refractivity contribution is 8.26. The molecule has 1 saturated heterocycles. The van der Waals surface area contributed by atoms with Crippen molar-refractivity contribution in [3.05, 3.63) is 70.6 Å². The number of rotatable bonds is 5. The number of amides is 2. The fraction of sp³-hybridized carbons (Fsp3) is 0.0526. The molecule has 1 N–H and O–H groups in total. The Morgan fingerprint density at radius 3 is 2.41 bits per heavy atom. The van der Waals surface area contributed by atoms with Crippen molar-refractivity contribution in [2.45, 2.75) is 0 Å². The zero-order valence-electron chi connectivity index (χ0n) is 13.9. The summed E-state index contributed by atoms with van der Waals surface area (Å²) in [5, 5.41) is 13.3. The Hall–Kier alpha value is -2.97. The average Bonchev–Trinajstić information content (AvgIpc) is 2.90. The molecule has 6 nitrogen and oxygen atoms in total. The smallest absolute Gasteiger partial charge is 0.266 e. The van der Waals surface area contributed by atoms with Crippen molar-refractivity contribution in [1.82, 2.24) is 4.90 Å². The van der Waals surface area contributed by atoms with E-state index < -0.39 is 11.9 Å². The molecule has 3 rings (SSSR count). The molecule has 2 amide bonds. The largest absolute Gasteiger partial charge is 0.545 e. The fourth-order valence-corrected chi connectivity index (χ4v) is 3.63. The molecule has 2 aromatic rings. The van der Waals surface area contributed by atoms with Gasteiger partial charge in [0.2, 0.25) is 5.91 Å². The third kappa shape index (κ3) is 4.60. The maximum atomic E-state index is 12.5. The molecule has 0 atom stereocenters. The van der Waals surface area contributed by atoms with E-state index in [0.29, 0.717) is 14.9 Å². The maximum Gasteiger partial charge on any atom is 0.266 e. The predicted molar refractivity (Wildman–Crippen MR) is 106 cm³/mol. The van der Waals surface area contributed by atoms with Gasteiger partial charge >= 0.3 is 0 Å². The lowest BCUT2D eigenvalue weighted by molar-refractivity contribution is -0.255. The van der Waals surface area contributed by atoms with Gasteiger partial charge in [-0.05, 0) is 29.3 Å². The predicted octanol–water partition coefficient (Wildman–Crippen LogP) is 1.89. The van der Waals surface area contributed by atoms with Gasteiger partial charge in [-0.3, -0.25) is 14.5 Å². The van der Waals surface area contributed by atoms with E-state index in [9.17, 15) is 19.5 Å². The van der Waals surface area contributed by atoms with E-state index in [0.717, 1.165) is 17.3 Å². The van der Waals surface area contributed by atoms with Gasteiger partial charge in [0.25, 0.3) is 5.91 Å². The van der Waals surface area contributed by atoms with Crippen molar-refractivity contribution >= 4 is 57.8 Å². The van der Waals surface area contributed by atoms with Crippen LogP contribution in [0.1, 0.15) is 15.9 Å². The first-order chi connectivity index (χ1) is 12.9. The number of benzene rings is 2. The highest BCUT2D eigenvalue weighted by Crippen LogP contribution is 2.32. The van der Waals surface area contributed by atoms with Gasteiger partial charge in [-0.25, -0.2) is 0 Å². The van der Waals surface area contributed by atoms with E-state index >= 15 is 0 Å². The third-order valence-corrected chi connectivity index (χ3v) is 5.05. The lowest BCUT2D eigenvalue weighted by Crippen LogP contribution is -2.36. The Morgan fingerprint density at radius 1 is 1.11 bits per heavy atom. The monoisotopic (exact) mass is 397 g/mol. The van der Waals surface area contributed by atoms with Crippen LogP contribution < -0.4 is 10.4 Å². The van der Waals surface area contributed by atoms with Crippen LogP contribution in [0.15, 0.2) is 59.5 Å². The minimum Gasteiger partial charge on any atom is -0.545 e. The summed E-state index contributed by atoms with van der Waals surface area (Å²) in [6.45, 7) is -0.223. The number of carboxylic acid groups (broad SMARTS) is 1. The number of nitrogens with one attached hydrogen (secondary N) is 1. The first kappa shape index (κ1) is 18.8. The molecule has 1 fully saturated rings. The molecule has 0 aliphatic carbocycles. The molecule has 0 saturated carbocycles. The van der Waals surface area contributed by atoms with Crippen LogP contribution in [0.25, 0.3) is 6.08 Å². The molecule has 27 heavy (non-hydrogen) atoms. The van der Waals surface area contributed by atoms with Gasteiger partial charge < -0.3 is 15.2 Å². The number of anilines is 1. The van der Waals surface area contributed by atoms with Crippen molar-refractivity contribution in [2.75, 3.05) is 11.9 Å². The molecule has 0 unspecified atom stereocenters. The second kappa shape index (κ2) is 8.15. The number of hydrogen-bond acceptors (Lipinski definition) is 6. The van der Waals surface area contributed by atoms with E-state index in [4.69, 9.17) is 12.2 Å². The van der Waals surface area contributed by atoms with Gasteiger partial charge in [-0.15, -0.1) is 0 Å². The summed E-state index contributed by atoms with van der Waals surface area (Å²) in [5.41, 5.74) is 1.29. The summed E-state index contributed by atoms with van der Waals surface area (Å²) < 4.78 is 0.310. The quantitative estimate of drug-likeness (QED) is 0.612. The van der Waals surface area contributed by atoms with E-state index in [1.165, 1.54) is 29.2 Å². The number of carboxylic acids is 1. The SMILES string of the molecule is O=C(CN1C(=O)/C(=C/c2ccccc2)SC1=S)Nc1ccc(C(=O)[O-])cc1. The van der Waals surface area contributed by atoms with Crippen LogP contribution in [0.4, 0.5) is 5.69 Å². The summed E-state index contributed by atoms with van der Waals surface area (Å²) in [7, 11) is 0. The summed E-state index contributed by atoms with van der Waals surface area (Å²) in [5.74, 6) is -2.06. The zero-order valence-corrected chi connectivity index (χ0v) is 15.5. The molecule has 0 spiro atoms. The topological polar surface area (TPSA) is 89.5 Å². The van der Waals surface area contributed by atoms with E-state index in [1.54, 1.807) is 6.08 Å². The Labute approximate surface area is 164 Å². The molecule has 1 heterocycles. The van der Waals surface area contributed by atoms with Gasteiger partial charge in [0.1, 0.15) is 10.9 Å². The van der Waals surface area contributed by atoms with Gasteiger partial charge in [-0.1, -0.05) is 66.4 Å². The van der Waals surface area contributed by atoms with E-state index in [-0.39, 0.29) is 18.0 Å². The summed E-state index contributed by atoms with van der Waals surface area (Å²) >= 11 is 6.36. The van der Waals surface area contributed by atoms with Crippen LogP contribution in [-0.4, -0.2) is 33.5 Å². The maximum absolute atomic E-state index is 12.5. The summed E-state index contributed by atoms with van der Waals surface area (Å²) in [4.78, 5) is 37.2. The third-order valence-electron chi connectivity index (χ3n) is 3.68. The Kier molecular flexibility index (Phi) is 5.68. The van der Waals surface area contributed by atoms with Gasteiger partial charge in [-0.2, -0.15) is 0 Å². The number of aromatic carboxylic acids is 1. The van der Waals surface area contributed by atoms with Crippen molar-refractivity contribution in [1.29, 1.82) is 0 Å². The average molecular weight is 397 g/mol. The minimum atomic E-state index is -1.30. The van der Waals surface area contributed by atoms with Crippen LogP contribution in [0.5, 0.6) is 0 Å². The number of thiocarbonyl (C=S) groups is 1. The van der Waals surface area contributed by atoms with Gasteiger partial charge in [0.05, 0.1) is 10.9 Å². The van der Waals surface area contributed by atoms with Crippen LogP contribution in [0, 0.1) is 0 Å². The molecule has 8 heteroatoms. The molecule has 0 radical (unpaired) electrons. The van der Waals surface area contributed by atoms with Crippen molar-refractivity contribution in [3.63, 3.8) is 0 Å². The van der Waals surface area contributed by atoms with Crippen molar-refractivity contribution in [3.8, 4) is 0 Å². The molecule has 0 bridgehead atoms.